The minimum atomic E-state index is -1.10. The monoisotopic (exact) mass is 427 g/mol. The summed E-state index contributed by atoms with van der Waals surface area (Å²) >= 11 is 1.75. The van der Waals surface area contributed by atoms with E-state index in [2.05, 4.69) is 5.10 Å². The van der Waals surface area contributed by atoms with Gasteiger partial charge in [-0.3, -0.25) is 4.68 Å². The minimum Gasteiger partial charge on any atom is -0.479 e. The number of pyridine rings is 1. The number of thiophene rings is 1. The number of carboxylic acid groups (broad SMARTS) is 1. The summed E-state index contributed by atoms with van der Waals surface area (Å²) in [4.78, 5) is 19.6. The fourth-order valence-corrected chi connectivity index (χ4v) is 5.66. The Morgan fingerprint density at radius 1 is 1.27 bits per heavy atom. The second-order valence-electron chi connectivity index (χ2n) is 9.09. The van der Waals surface area contributed by atoms with Crippen molar-refractivity contribution >= 4 is 27.5 Å². The zero-order valence-electron chi connectivity index (χ0n) is 18.5. The summed E-state index contributed by atoms with van der Waals surface area (Å²) in [6, 6.07) is 0. The highest BCUT2D eigenvalue weighted by molar-refractivity contribution is 7.19. The molecule has 4 rings (SSSR count). The first-order chi connectivity index (χ1) is 14.1. The molecule has 3 heterocycles. The molecular formula is C23H29N3O3S. The summed E-state index contributed by atoms with van der Waals surface area (Å²) in [6.07, 6.45) is 5.15. The zero-order chi connectivity index (χ0) is 21.8. The smallest absolute Gasteiger partial charge is 0.337 e. The average molecular weight is 428 g/mol. The number of nitrogens with zero attached hydrogens (tertiary/aromatic N) is 3. The summed E-state index contributed by atoms with van der Waals surface area (Å²) < 4.78 is 7.91. The van der Waals surface area contributed by atoms with Crippen LogP contribution in [-0.2, 0) is 29.4 Å². The summed E-state index contributed by atoms with van der Waals surface area (Å²) in [5.41, 5.74) is 4.95. The van der Waals surface area contributed by atoms with Gasteiger partial charge in [-0.1, -0.05) is 0 Å². The summed E-state index contributed by atoms with van der Waals surface area (Å²) in [5.74, 6) is -0.999. The van der Waals surface area contributed by atoms with Crippen LogP contribution in [0.2, 0.25) is 0 Å². The van der Waals surface area contributed by atoms with E-state index < -0.39 is 17.7 Å². The van der Waals surface area contributed by atoms with Gasteiger partial charge in [0.25, 0.3) is 0 Å². The van der Waals surface area contributed by atoms with Gasteiger partial charge < -0.3 is 9.84 Å². The van der Waals surface area contributed by atoms with Crippen LogP contribution < -0.4 is 0 Å². The van der Waals surface area contributed by atoms with E-state index in [1.54, 1.807) is 11.3 Å². The Hall–Kier alpha value is -2.25. The Morgan fingerprint density at radius 3 is 2.57 bits per heavy atom. The number of aliphatic carboxylic acids is 1. The van der Waals surface area contributed by atoms with E-state index in [1.165, 1.54) is 16.9 Å². The van der Waals surface area contributed by atoms with Crippen LogP contribution in [0, 0.1) is 13.8 Å². The van der Waals surface area contributed by atoms with Crippen LogP contribution in [0.1, 0.15) is 67.1 Å². The maximum Gasteiger partial charge on any atom is 0.337 e. The van der Waals surface area contributed by atoms with E-state index >= 15 is 0 Å². The van der Waals surface area contributed by atoms with Crippen LogP contribution in [0.15, 0.2) is 6.20 Å². The molecule has 0 fully saturated rings. The lowest BCUT2D eigenvalue weighted by Gasteiger charge is -2.28. The number of hydrogen-bond donors (Lipinski definition) is 1. The fraction of sp³-hybridized carbons (Fsp3) is 0.522. The molecule has 1 aliphatic carbocycles. The van der Waals surface area contributed by atoms with Crippen LogP contribution >= 0.6 is 11.3 Å². The van der Waals surface area contributed by atoms with E-state index in [-0.39, 0.29) is 0 Å². The second kappa shape index (κ2) is 7.46. The number of ether oxygens (including phenoxy) is 1. The first-order valence-electron chi connectivity index (χ1n) is 10.4. The van der Waals surface area contributed by atoms with Gasteiger partial charge in [-0.25, -0.2) is 9.78 Å². The lowest BCUT2D eigenvalue weighted by molar-refractivity contribution is -0.160. The largest absolute Gasteiger partial charge is 0.479 e. The van der Waals surface area contributed by atoms with Crippen molar-refractivity contribution in [2.75, 3.05) is 0 Å². The van der Waals surface area contributed by atoms with Gasteiger partial charge in [-0.15, -0.1) is 11.3 Å². The standard InChI is InChI=1S/C23H29N3O3S/c1-12-17(20(22(27)28)29-23(3,4)5)18(15-11-24-26(6)13(15)2)19-14-9-7-8-10-16(14)30-21(19)25-12/h11,20H,7-10H2,1-6H3,(H,27,28)/t20-/m0/s1. The Balaban J connectivity index is 2.11. The van der Waals surface area contributed by atoms with Gasteiger partial charge in [0.05, 0.1) is 11.8 Å². The van der Waals surface area contributed by atoms with Crippen molar-refractivity contribution in [3.8, 4) is 11.1 Å². The molecule has 1 atom stereocenters. The molecule has 160 valence electrons. The maximum atomic E-state index is 12.4. The summed E-state index contributed by atoms with van der Waals surface area (Å²) in [7, 11) is 1.91. The quantitative estimate of drug-likeness (QED) is 0.624. The van der Waals surface area contributed by atoms with Gasteiger partial charge in [-0.2, -0.15) is 5.10 Å². The Bertz CT molecular complexity index is 1140. The Labute approximate surface area is 180 Å². The molecule has 3 aromatic heterocycles. The lowest BCUT2D eigenvalue weighted by atomic mass is 9.88. The van der Waals surface area contributed by atoms with Crippen LogP contribution in [-0.4, -0.2) is 31.4 Å². The number of hydrogen-bond acceptors (Lipinski definition) is 5. The van der Waals surface area contributed by atoms with Gasteiger partial charge in [0.15, 0.2) is 6.10 Å². The van der Waals surface area contributed by atoms with E-state index in [1.807, 2.05) is 52.5 Å². The molecular weight excluding hydrogens is 398 g/mol. The van der Waals surface area contributed by atoms with Crippen molar-refractivity contribution in [3.63, 3.8) is 0 Å². The topological polar surface area (TPSA) is 77.2 Å². The Kier molecular flexibility index (Phi) is 5.22. The maximum absolute atomic E-state index is 12.4. The number of rotatable bonds is 4. The van der Waals surface area contributed by atoms with E-state index in [0.717, 1.165) is 46.3 Å². The molecule has 1 N–H and O–H groups in total. The first-order valence-corrected chi connectivity index (χ1v) is 11.2. The van der Waals surface area contributed by atoms with Crippen molar-refractivity contribution in [3.05, 3.63) is 33.6 Å². The van der Waals surface area contributed by atoms with E-state index in [0.29, 0.717) is 11.3 Å². The molecule has 0 saturated heterocycles. The second-order valence-corrected chi connectivity index (χ2v) is 10.2. The highest BCUT2D eigenvalue weighted by Gasteiger charge is 2.34. The number of aryl methyl sites for hydroxylation is 4. The third kappa shape index (κ3) is 3.54. The third-order valence-electron chi connectivity index (χ3n) is 5.79. The molecule has 3 aromatic rings. The highest BCUT2D eigenvalue weighted by Crippen LogP contribution is 2.46. The lowest BCUT2D eigenvalue weighted by Crippen LogP contribution is -2.28. The van der Waals surface area contributed by atoms with Crippen LogP contribution in [0.5, 0.6) is 0 Å². The van der Waals surface area contributed by atoms with Gasteiger partial charge in [-0.05, 0) is 65.9 Å². The van der Waals surface area contributed by atoms with Crippen molar-refractivity contribution in [1.82, 2.24) is 14.8 Å². The van der Waals surface area contributed by atoms with Crippen molar-refractivity contribution in [1.29, 1.82) is 0 Å². The van der Waals surface area contributed by atoms with Crippen molar-refractivity contribution in [2.45, 2.75) is 72.0 Å². The SMILES string of the molecule is Cc1nc2sc3c(c2c(-c2cnn(C)c2C)c1[C@H](OC(C)(C)C)C(=O)O)CCCC3. The molecule has 6 nitrogen and oxygen atoms in total. The third-order valence-corrected chi connectivity index (χ3v) is 6.98. The average Bonchev–Trinajstić information content (AvgIpc) is 3.18. The first kappa shape index (κ1) is 21.0. The molecule has 0 aliphatic heterocycles. The number of aromatic nitrogens is 3. The molecule has 0 spiro atoms. The van der Waals surface area contributed by atoms with Crippen molar-refractivity contribution < 1.29 is 14.6 Å². The van der Waals surface area contributed by atoms with Gasteiger partial charge in [0.1, 0.15) is 4.83 Å². The van der Waals surface area contributed by atoms with Crippen LogP contribution in [0.25, 0.3) is 21.3 Å². The number of carboxylic acids is 1. The molecule has 0 radical (unpaired) electrons. The molecule has 30 heavy (non-hydrogen) atoms. The molecule has 0 amide bonds. The van der Waals surface area contributed by atoms with Gasteiger partial charge in [0.2, 0.25) is 0 Å². The van der Waals surface area contributed by atoms with Gasteiger partial charge >= 0.3 is 5.97 Å². The number of fused-ring (bicyclic) bond motifs is 3. The fourth-order valence-electron chi connectivity index (χ4n) is 4.35. The predicted molar refractivity (Wildman–Crippen MR) is 119 cm³/mol. The highest BCUT2D eigenvalue weighted by atomic mass is 32.1. The van der Waals surface area contributed by atoms with Gasteiger partial charge in [0, 0.05) is 45.4 Å². The minimum absolute atomic E-state index is 0.611. The molecule has 0 unspecified atom stereocenters. The zero-order valence-corrected chi connectivity index (χ0v) is 19.3. The van der Waals surface area contributed by atoms with E-state index in [9.17, 15) is 9.90 Å². The predicted octanol–water partition coefficient (Wildman–Crippen LogP) is 5.13. The van der Waals surface area contributed by atoms with E-state index in [4.69, 9.17) is 9.72 Å². The summed E-state index contributed by atoms with van der Waals surface area (Å²) in [5, 5.41) is 15.7. The Morgan fingerprint density at radius 2 is 1.97 bits per heavy atom. The molecule has 0 bridgehead atoms. The molecule has 7 heteroatoms. The molecule has 0 aromatic carbocycles. The normalized spacial score (nSPS) is 15.4. The number of carbonyl (C=O) groups is 1. The van der Waals surface area contributed by atoms with Crippen molar-refractivity contribution in [2.24, 2.45) is 7.05 Å². The molecule has 1 aliphatic rings. The molecule has 0 saturated carbocycles. The van der Waals surface area contributed by atoms with Crippen LogP contribution in [0.3, 0.4) is 0 Å². The van der Waals surface area contributed by atoms with Crippen LogP contribution in [0.4, 0.5) is 0 Å². The summed E-state index contributed by atoms with van der Waals surface area (Å²) in [6.45, 7) is 9.56.